The van der Waals surface area contributed by atoms with E-state index >= 15 is 0 Å². The zero-order valence-corrected chi connectivity index (χ0v) is 10.8. The van der Waals surface area contributed by atoms with Crippen LogP contribution in [0.1, 0.15) is 9.80 Å². The molecule has 0 radical (unpaired) electrons. The van der Waals surface area contributed by atoms with Crippen LogP contribution < -0.4 is 5.32 Å². The molecule has 8 heteroatoms. The summed E-state index contributed by atoms with van der Waals surface area (Å²) in [5, 5.41) is 9.95. The summed E-state index contributed by atoms with van der Waals surface area (Å²) in [5.41, 5.74) is 0. The molecule has 0 saturated carbocycles. The van der Waals surface area contributed by atoms with E-state index < -0.39 is 0 Å². The van der Waals surface area contributed by atoms with Gasteiger partial charge in [-0.05, 0) is 39.7 Å². The molecule has 1 amide bonds. The van der Waals surface area contributed by atoms with Crippen LogP contribution in [0.25, 0.3) is 0 Å². The van der Waals surface area contributed by atoms with Crippen molar-refractivity contribution in [3.05, 3.63) is 32.3 Å². The van der Waals surface area contributed by atoms with E-state index in [9.17, 15) is 4.79 Å². The monoisotopic (exact) mass is 318 g/mol. The van der Waals surface area contributed by atoms with Crippen molar-refractivity contribution in [2.24, 2.45) is 0 Å². The van der Waals surface area contributed by atoms with Gasteiger partial charge in [0.2, 0.25) is 9.47 Å². The second kappa shape index (κ2) is 4.86. The summed E-state index contributed by atoms with van der Waals surface area (Å²) in [7, 11) is 0. The number of rotatable bonds is 2. The minimum Gasteiger partial charge on any atom is -0.303 e. The van der Waals surface area contributed by atoms with Gasteiger partial charge in [-0.25, -0.2) is 4.98 Å². The first-order valence-electron chi connectivity index (χ1n) is 4.07. The van der Waals surface area contributed by atoms with Gasteiger partial charge in [-0.15, -0.1) is 10.2 Å². The van der Waals surface area contributed by atoms with E-state index in [0.717, 1.165) is 11.3 Å². The van der Waals surface area contributed by atoms with Crippen molar-refractivity contribution < 1.29 is 4.79 Å². The second-order valence-corrected chi connectivity index (χ2v) is 5.06. The molecule has 2 heterocycles. The molecule has 5 nitrogen and oxygen atoms in total. The van der Waals surface area contributed by atoms with Crippen LogP contribution in [0.4, 0.5) is 5.82 Å². The van der Waals surface area contributed by atoms with E-state index in [4.69, 9.17) is 11.6 Å². The molecule has 0 fully saturated rings. The quantitative estimate of drug-likeness (QED) is 0.924. The average molecular weight is 320 g/mol. The summed E-state index contributed by atoms with van der Waals surface area (Å²) in [5.74, 6) is 0.0441. The third-order valence-electron chi connectivity index (χ3n) is 1.58. The largest absolute Gasteiger partial charge is 0.303 e. The molecule has 2 aromatic heterocycles. The van der Waals surface area contributed by atoms with Crippen molar-refractivity contribution in [1.29, 1.82) is 0 Å². The fourth-order valence-corrected chi connectivity index (χ4v) is 2.01. The van der Waals surface area contributed by atoms with Gasteiger partial charge in [0.25, 0.3) is 5.91 Å². The summed E-state index contributed by atoms with van der Waals surface area (Å²) in [6.45, 7) is 0. The van der Waals surface area contributed by atoms with Crippen molar-refractivity contribution in [2.75, 3.05) is 5.32 Å². The maximum Gasteiger partial charge on any atom is 0.287 e. The number of hydrogen-bond donors (Lipinski definition) is 1. The summed E-state index contributed by atoms with van der Waals surface area (Å²) < 4.78 is 0.921. The molecule has 2 aromatic rings. The van der Waals surface area contributed by atoms with Gasteiger partial charge in [-0.2, -0.15) is 0 Å². The predicted octanol–water partition coefficient (Wildman–Crippen LogP) is 2.60. The molecule has 0 atom stereocenters. The predicted molar refractivity (Wildman–Crippen MR) is 64.8 cm³/mol. The molecule has 0 bridgehead atoms. The van der Waals surface area contributed by atoms with Crippen LogP contribution in [0.5, 0.6) is 0 Å². The Labute approximate surface area is 108 Å². The van der Waals surface area contributed by atoms with Crippen LogP contribution in [0.15, 0.2) is 22.8 Å². The number of amides is 1. The van der Waals surface area contributed by atoms with Gasteiger partial charge in [0.05, 0.1) is 4.47 Å². The lowest BCUT2D eigenvalue weighted by atomic mass is 10.4. The molecular weight excluding hydrogens is 316 g/mol. The maximum absolute atomic E-state index is 11.7. The number of pyridine rings is 1. The molecule has 0 saturated heterocycles. The Balaban J connectivity index is 2.17. The maximum atomic E-state index is 11.7. The SMILES string of the molecule is O=C(Nc1ncccc1Br)c1nnc(Cl)s1. The highest BCUT2D eigenvalue weighted by Gasteiger charge is 2.13. The fourth-order valence-electron chi connectivity index (χ4n) is 0.936. The Morgan fingerprint density at radius 3 is 2.94 bits per heavy atom. The van der Waals surface area contributed by atoms with E-state index in [2.05, 4.69) is 36.4 Å². The number of carbonyl (C=O) groups excluding carboxylic acids is 1. The first-order valence-corrected chi connectivity index (χ1v) is 6.06. The summed E-state index contributed by atoms with van der Waals surface area (Å²) in [6.07, 6.45) is 1.58. The minimum absolute atomic E-state index is 0.197. The highest BCUT2D eigenvalue weighted by molar-refractivity contribution is 9.10. The van der Waals surface area contributed by atoms with E-state index in [1.165, 1.54) is 0 Å². The average Bonchev–Trinajstić information content (AvgIpc) is 2.68. The lowest BCUT2D eigenvalue weighted by molar-refractivity contribution is 0.102. The number of anilines is 1. The number of nitrogens with one attached hydrogen (secondary N) is 1. The van der Waals surface area contributed by atoms with Crippen LogP contribution in [0, 0.1) is 0 Å². The molecule has 0 aliphatic carbocycles. The topological polar surface area (TPSA) is 67.8 Å². The highest BCUT2D eigenvalue weighted by Crippen LogP contribution is 2.20. The molecule has 2 rings (SSSR count). The fraction of sp³-hybridized carbons (Fsp3) is 0. The minimum atomic E-state index is -0.385. The van der Waals surface area contributed by atoms with Gasteiger partial charge in [-0.1, -0.05) is 11.3 Å². The summed E-state index contributed by atoms with van der Waals surface area (Å²) in [4.78, 5) is 15.7. The normalized spacial score (nSPS) is 10.1. The van der Waals surface area contributed by atoms with Crippen molar-refractivity contribution in [2.45, 2.75) is 0 Å². The first-order chi connectivity index (χ1) is 7.66. The third-order valence-corrected chi connectivity index (χ3v) is 3.24. The van der Waals surface area contributed by atoms with E-state index in [1.54, 1.807) is 18.3 Å². The van der Waals surface area contributed by atoms with E-state index in [-0.39, 0.29) is 15.4 Å². The van der Waals surface area contributed by atoms with E-state index in [0.29, 0.717) is 10.3 Å². The van der Waals surface area contributed by atoms with Crippen molar-refractivity contribution in [3.63, 3.8) is 0 Å². The number of nitrogens with zero attached hydrogens (tertiary/aromatic N) is 3. The van der Waals surface area contributed by atoms with Crippen molar-refractivity contribution >= 4 is 50.6 Å². The molecule has 0 spiro atoms. The van der Waals surface area contributed by atoms with E-state index in [1.807, 2.05) is 0 Å². The van der Waals surface area contributed by atoms with Gasteiger partial charge in [0.15, 0.2) is 0 Å². The first kappa shape index (κ1) is 11.4. The van der Waals surface area contributed by atoms with Gasteiger partial charge < -0.3 is 5.32 Å². The summed E-state index contributed by atoms with van der Waals surface area (Å²) in [6, 6.07) is 3.53. The van der Waals surface area contributed by atoms with Crippen LogP contribution in [-0.2, 0) is 0 Å². The molecule has 0 aliphatic rings. The Kier molecular flexibility index (Phi) is 3.47. The number of carbonyl (C=O) groups is 1. The Morgan fingerprint density at radius 1 is 1.50 bits per heavy atom. The molecule has 82 valence electrons. The molecule has 0 unspecified atom stereocenters. The Bertz CT molecular complexity index is 532. The number of aromatic nitrogens is 3. The van der Waals surface area contributed by atoms with Crippen molar-refractivity contribution in [3.8, 4) is 0 Å². The smallest absolute Gasteiger partial charge is 0.287 e. The van der Waals surface area contributed by atoms with Gasteiger partial charge in [0.1, 0.15) is 5.82 Å². The van der Waals surface area contributed by atoms with Crippen LogP contribution >= 0.6 is 38.9 Å². The number of hydrogen-bond acceptors (Lipinski definition) is 5. The third kappa shape index (κ3) is 2.55. The summed E-state index contributed by atoms with van der Waals surface area (Å²) >= 11 is 9.85. The lowest BCUT2D eigenvalue weighted by Crippen LogP contribution is -2.13. The molecule has 0 aliphatic heterocycles. The highest BCUT2D eigenvalue weighted by atomic mass is 79.9. The molecule has 1 N–H and O–H groups in total. The van der Waals surface area contributed by atoms with Crippen LogP contribution in [-0.4, -0.2) is 21.1 Å². The number of halogens is 2. The van der Waals surface area contributed by atoms with Gasteiger partial charge in [-0.3, -0.25) is 4.79 Å². The van der Waals surface area contributed by atoms with Gasteiger partial charge in [0, 0.05) is 6.20 Å². The Hall–Kier alpha value is -1.05. The van der Waals surface area contributed by atoms with Crippen molar-refractivity contribution in [1.82, 2.24) is 15.2 Å². The Morgan fingerprint density at radius 2 is 2.31 bits per heavy atom. The molecule has 16 heavy (non-hydrogen) atoms. The zero-order chi connectivity index (χ0) is 11.5. The zero-order valence-electron chi connectivity index (χ0n) is 7.65. The standard InChI is InChI=1S/C8H4BrClN4OS/c9-4-2-1-3-11-5(4)12-6(15)7-13-14-8(10)16-7/h1-3H,(H,11,12,15). The van der Waals surface area contributed by atoms with Gasteiger partial charge >= 0.3 is 0 Å². The second-order valence-electron chi connectivity index (χ2n) is 2.65. The lowest BCUT2D eigenvalue weighted by Gasteiger charge is -2.02. The molecular formula is C8H4BrClN4OS. The van der Waals surface area contributed by atoms with Crippen LogP contribution in [0.3, 0.4) is 0 Å². The van der Waals surface area contributed by atoms with Crippen LogP contribution in [0.2, 0.25) is 4.47 Å². The molecule has 0 aromatic carbocycles.